The fourth-order valence-corrected chi connectivity index (χ4v) is 3.95. The molecule has 8 heteroatoms. The first-order valence-corrected chi connectivity index (χ1v) is 9.62. The molecule has 2 heterocycles. The van der Waals surface area contributed by atoms with Gasteiger partial charge in [-0.05, 0) is 30.9 Å². The molecule has 0 atom stereocenters. The monoisotopic (exact) mass is 381 g/mol. The molecular weight excluding hydrogens is 356 g/mol. The van der Waals surface area contributed by atoms with Gasteiger partial charge in [-0.2, -0.15) is 0 Å². The first-order valence-electron chi connectivity index (χ1n) is 9.24. The molecule has 7 nitrogen and oxygen atoms in total. The van der Waals surface area contributed by atoms with Gasteiger partial charge in [-0.1, -0.05) is 18.5 Å². The van der Waals surface area contributed by atoms with Gasteiger partial charge in [-0.25, -0.2) is 0 Å². The summed E-state index contributed by atoms with van der Waals surface area (Å²) in [6.45, 7) is 7.38. The lowest BCUT2D eigenvalue weighted by atomic mass is 9.99. The van der Waals surface area contributed by atoms with Crippen LogP contribution in [-0.4, -0.2) is 61.5 Å². The van der Waals surface area contributed by atoms with Crippen LogP contribution < -0.4 is 9.80 Å². The van der Waals surface area contributed by atoms with Gasteiger partial charge in [0.15, 0.2) is 6.54 Å². The number of benzene rings is 1. The van der Waals surface area contributed by atoms with Crippen molar-refractivity contribution in [2.75, 3.05) is 50.7 Å². The Labute approximate surface area is 158 Å². The Morgan fingerprint density at radius 2 is 1.92 bits per heavy atom. The number of nitro groups is 1. The minimum absolute atomic E-state index is 0.0177. The first kappa shape index (κ1) is 18.9. The van der Waals surface area contributed by atoms with Crippen LogP contribution in [0.4, 0.5) is 11.4 Å². The van der Waals surface area contributed by atoms with Crippen molar-refractivity contribution in [2.45, 2.75) is 19.8 Å². The van der Waals surface area contributed by atoms with Gasteiger partial charge in [0.25, 0.3) is 11.6 Å². The zero-order valence-electron chi connectivity index (χ0n) is 15.1. The second-order valence-corrected chi connectivity index (χ2v) is 7.80. The molecule has 1 N–H and O–H groups in total. The van der Waals surface area contributed by atoms with E-state index in [1.54, 1.807) is 12.1 Å². The average molecular weight is 382 g/mol. The fraction of sp³-hybridized carbons (Fsp3) is 0.611. The standard InChI is InChI=1S/C18H25ClN4O3/c1-14-4-6-20(7-5-14)13-18(24)22-10-8-21(9-11-22)16-3-2-15(19)12-17(16)23(25)26/h2-3,12,14H,4-11,13H2,1H3/p+1. The molecule has 1 aromatic carbocycles. The predicted octanol–water partition coefficient (Wildman–Crippen LogP) is 1.21. The number of anilines is 1. The van der Waals surface area contributed by atoms with Crippen molar-refractivity contribution in [2.24, 2.45) is 5.92 Å². The Hall–Kier alpha value is -1.86. The van der Waals surface area contributed by atoms with Crippen LogP contribution in [0.2, 0.25) is 5.02 Å². The fourth-order valence-electron chi connectivity index (χ4n) is 3.78. The molecule has 1 amide bonds. The molecule has 26 heavy (non-hydrogen) atoms. The van der Waals surface area contributed by atoms with Crippen LogP contribution in [0.25, 0.3) is 0 Å². The predicted molar refractivity (Wildman–Crippen MR) is 101 cm³/mol. The number of nitrogens with zero attached hydrogens (tertiary/aromatic N) is 3. The van der Waals surface area contributed by atoms with E-state index in [2.05, 4.69) is 6.92 Å². The molecule has 0 aromatic heterocycles. The van der Waals surface area contributed by atoms with Crippen molar-refractivity contribution in [3.8, 4) is 0 Å². The number of carbonyl (C=O) groups excluding carboxylic acids is 1. The summed E-state index contributed by atoms with van der Waals surface area (Å²) in [5.41, 5.74) is 0.589. The quantitative estimate of drug-likeness (QED) is 0.628. The summed E-state index contributed by atoms with van der Waals surface area (Å²) in [6, 6.07) is 4.74. The molecule has 0 aliphatic carbocycles. The van der Waals surface area contributed by atoms with E-state index in [0.29, 0.717) is 43.4 Å². The normalized spacial score (nSPS) is 23.8. The number of likely N-dealkylation sites (tertiary alicyclic amines) is 1. The number of hydrogen-bond donors (Lipinski definition) is 1. The number of halogens is 1. The number of piperidine rings is 1. The maximum absolute atomic E-state index is 12.6. The lowest BCUT2D eigenvalue weighted by Crippen LogP contribution is -3.14. The topological polar surface area (TPSA) is 71.1 Å². The Morgan fingerprint density at radius 3 is 2.54 bits per heavy atom. The number of quaternary nitrogens is 1. The third kappa shape index (κ3) is 4.45. The number of amides is 1. The largest absolute Gasteiger partial charge is 0.362 e. The highest BCUT2D eigenvalue weighted by Crippen LogP contribution is 2.31. The second kappa shape index (κ2) is 8.22. The maximum Gasteiger partial charge on any atom is 0.294 e. The molecule has 0 spiro atoms. The van der Waals surface area contributed by atoms with E-state index in [1.165, 1.54) is 23.8 Å². The van der Waals surface area contributed by atoms with E-state index in [0.717, 1.165) is 19.0 Å². The second-order valence-electron chi connectivity index (χ2n) is 7.37. The van der Waals surface area contributed by atoms with E-state index in [-0.39, 0.29) is 11.6 Å². The molecule has 2 fully saturated rings. The van der Waals surface area contributed by atoms with E-state index >= 15 is 0 Å². The van der Waals surface area contributed by atoms with Crippen molar-refractivity contribution in [1.29, 1.82) is 0 Å². The molecule has 1 aromatic rings. The van der Waals surface area contributed by atoms with E-state index in [4.69, 9.17) is 11.6 Å². The number of rotatable bonds is 4. The molecule has 142 valence electrons. The van der Waals surface area contributed by atoms with Crippen LogP contribution in [0, 0.1) is 16.0 Å². The summed E-state index contributed by atoms with van der Waals surface area (Å²) in [7, 11) is 0. The van der Waals surface area contributed by atoms with Crippen molar-refractivity contribution in [3.05, 3.63) is 33.3 Å². The SMILES string of the molecule is CC1CC[NH+](CC(=O)N2CCN(c3ccc(Cl)cc3[N+](=O)[O-])CC2)CC1. The molecule has 0 bridgehead atoms. The van der Waals surface area contributed by atoms with Crippen LogP contribution in [-0.2, 0) is 4.79 Å². The maximum atomic E-state index is 12.6. The summed E-state index contributed by atoms with van der Waals surface area (Å²) in [4.78, 5) is 28.7. The lowest BCUT2D eigenvalue weighted by Gasteiger charge is -2.36. The molecule has 2 saturated heterocycles. The van der Waals surface area contributed by atoms with Crippen molar-refractivity contribution in [3.63, 3.8) is 0 Å². The molecule has 0 unspecified atom stereocenters. The molecular formula is C18H26ClN4O3+. The van der Waals surface area contributed by atoms with Gasteiger partial charge in [0.05, 0.1) is 18.0 Å². The molecule has 2 aliphatic heterocycles. The van der Waals surface area contributed by atoms with Gasteiger partial charge in [0.1, 0.15) is 5.69 Å². The van der Waals surface area contributed by atoms with Crippen molar-refractivity contribution >= 4 is 28.9 Å². The minimum Gasteiger partial charge on any atom is -0.362 e. The first-order chi connectivity index (χ1) is 12.4. The highest BCUT2D eigenvalue weighted by Gasteiger charge is 2.28. The summed E-state index contributed by atoms with van der Waals surface area (Å²) in [5, 5.41) is 11.6. The van der Waals surface area contributed by atoms with Gasteiger partial charge in [0, 0.05) is 37.3 Å². The van der Waals surface area contributed by atoms with E-state index < -0.39 is 4.92 Å². The smallest absolute Gasteiger partial charge is 0.294 e. The number of hydrogen-bond acceptors (Lipinski definition) is 4. The van der Waals surface area contributed by atoms with Crippen LogP contribution in [0.1, 0.15) is 19.8 Å². The van der Waals surface area contributed by atoms with Crippen molar-refractivity contribution < 1.29 is 14.6 Å². The summed E-state index contributed by atoms with van der Waals surface area (Å²) >= 11 is 5.89. The van der Waals surface area contributed by atoms with Crippen molar-refractivity contribution in [1.82, 2.24) is 4.90 Å². The zero-order chi connectivity index (χ0) is 18.7. The zero-order valence-corrected chi connectivity index (χ0v) is 15.9. The number of nitro benzene ring substituents is 1. The average Bonchev–Trinajstić information content (AvgIpc) is 2.63. The summed E-state index contributed by atoms with van der Waals surface area (Å²) in [6.07, 6.45) is 2.38. The third-order valence-electron chi connectivity index (χ3n) is 5.49. The summed E-state index contributed by atoms with van der Waals surface area (Å²) < 4.78 is 0. The number of piperazine rings is 1. The molecule has 0 radical (unpaired) electrons. The van der Waals surface area contributed by atoms with Gasteiger partial charge in [-0.15, -0.1) is 0 Å². The Bertz CT molecular complexity index is 668. The Morgan fingerprint density at radius 1 is 1.27 bits per heavy atom. The Balaban J connectivity index is 1.56. The highest BCUT2D eigenvalue weighted by atomic mass is 35.5. The van der Waals surface area contributed by atoms with Crippen LogP contribution >= 0.6 is 11.6 Å². The molecule has 0 saturated carbocycles. The van der Waals surface area contributed by atoms with Gasteiger partial charge >= 0.3 is 0 Å². The van der Waals surface area contributed by atoms with Crippen LogP contribution in [0.3, 0.4) is 0 Å². The summed E-state index contributed by atoms with van der Waals surface area (Å²) in [5.74, 6) is 0.965. The van der Waals surface area contributed by atoms with E-state index in [9.17, 15) is 14.9 Å². The highest BCUT2D eigenvalue weighted by molar-refractivity contribution is 6.30. The Kier molecular flexibility index (Phi) is 5.98. The number of carbonyl (C=O) groups is 1. The lowest BCUT2D eigenvalue weighted by molar-refractivity contribution is -0.898. The third-order valence-corrected chi connectivity index (χ3v) is 5.72. The number of nitrogens with one attached hydrogen (secondary N) is 1. The molecule has 2 aliphatic rings. The molecule has 3 rings (SSSR count). The van der Waals surface area contributed by atoms with Gasteiger partial charge < -0.3 is 14.7 Å². The van der Waals surface area contributed by atoms with Crippen LogP contribution in [0.5, 0.6) is 0 Å². The van der Waals surface area contributed by atoms with Gasteiger partial charge in [-0.3, -0.25) is 14.9 Å². The van der Waals surface area contributed by atoms with Crippen LogP contribution in [0.15, 0.2) is 18.2 Å². The van der Waals surface area contributed by atoms with Gasteiger partial charge in [0.2, 0.25) is 0 Å². The van der Waals surface area contributed by atoms with E-state index in [1.807, 2.05) is 9.80 Å². The minimum atomic E-state index is -0.403.